The fourth-order valence-corrected chi connectivity index (χ4v) is 3.21. The Hall–Kier alpha value is -2.33. The Morgan fingerprint density at radius 1 is 1.20 bits per heavy atom. The number of ether oxygens (including phenoxy) is 1. The van der Waals surface area contributed by atoms with Gasteiger partial charge in [0.15, 0.2) is 0 Å². The van der Waals surface area contributed by atoms with Gasteiger partial charge < -0.3 is 15.4 Å². The quantitative estimate of drug-likeness (QED) is 0.811. The minimum Gasteiger partial charge on any atom is -0.494 e. The molecule has 0 unspecified atom stereocenters. The summed E-state index contributed by atoms with van der Waals surface area (Å²) < 4.78 is 5.55. The summed E-state index contributed by atoms with van der Waals surface area (Å²) in [7, 11) is 0. The summed E-state index contributed by atoms with van der Waals surface area (Å²) in [5.41, 5.74) is 2.86. The van der Waals surface area contributed by atoms with Crippen LogP contribution in [0.3, 0.4) is 0 Å². The topological polar surface area (TPSA) is 50.4 Å². The Balaban J connectivity index is 1.57. The zero-order chi connectivity index (χ0) is 17.5. The van der Waals surface area contributed by atoms with E-state index >= 15 is 0 Å². The molecule has 1 aliphatic rings. The third kappa shape index (κ3) is 4.83. The van der Waals surface area contributed by atoms with Crippen molar-refractivity contribution in [3.63, 3.8) is 0 Å². The van der Waals surface area contributed by atoms with Gasteiger partial charge in [-0.15, -0.1) is 0 Å². The Morgan fingerprint density at radius 3 is 2.76 bits per heavy atom. The van der Waals surface area contributed by atoms with Crippen LogP contribution in [0.15, 0.2) is 48.5 Å². The molecule has 1 atom stereocenters. The first-order valence-corrected chi connectivity index (χ1v) is 9.11. The maximum absolute atomic E-state index is 12.3. The molecule has 2 aromatic carbocycles. The largest absolute Gasteiger partial charge is 0.494 e. The summed E-state index contributed by atoms with van der Waals surface area (Å²) in [4.78, 5) is 12.3. The second-order valence-electron chi connectivity index (χ2n) is 6.38. The molecule has 1 saturated heterocycles. The lowest BCUT2D eigenvalue weighted by molar-refractivity contribution is 0.0952. The van der Waals surface area contributed by atoms with Crippen LogP contribution in [0.4, 0.5) is 0 Å². The first-order chi connectivity index (χ1) is 12.3. The fraction of sp³-hybridized carbons (Fsp3) is 0.381. The van der Waals surface area contributed by atoms with Gasteiger partial charge in [0, 0.05) is 18.2 Å². The van der Waals surface area contributed by atoms with Crippen LogP contribution in [0.25, 0.3) is 11.1 Å². The lowest BCUT2D eigenvalue weighted by Crippen LogP contribution is -2.30. The van der Waals surface area contributed by atoms with Crippen LogP contribution < -0.4 is 15.4 Å². The van der Waals surface area contributed by atoms with Gasteiger partial charge in [-0.1, -0.05) is 24.3 Å². The van der Waals surface area contributed by atoms with Crippen molar-refractivity contribution in [2.75, 3.05) is 19.7 Å². The number of carbonyl (C=O) groups is 1. The third-order valence-corrected chi connectivity index (χ3v) is 4.57. The van der Waals surface area contributed by atoms with Crippen LogP contribution >= 0.6 is 0 Å². The van der Waals surface area contributed by atoms with Gasteiger partial charge in [0.2, 0.25) is 0 Å². The molecule has 1 amide bonds. The minimum atomic E-state index is -0.00684. The van der Waals surface area contributed by atoms with E-state index in [1.165, 1.54) is 12.8 Å². The molecular formula is C21H26N2O2. The van der Waals surface area contributed by atoms with Crippen molar-refractivity contribution in [3.8, 4) is 16.9 Å². The van der Waals surface area contributed by atoms with Crippen LogP contribution in [-0.2, 0) is 0 Å². The SMILES string of the molecule is CCOc1cccc(-c2ccc(C(=O)NCC[C@H]3CCCN3)cc2)c1. The predicted molar refractivity (Wildman–Crippen MR) is 101 cm³/mol. The zero-order valence-electron chi connectivity index (χ0n) is 14.8. The molecule has 132 valence electrons. The van der Waals surface area contributed by atoms with Crippen LogP contribution in [0.5, 0.6) is 5.75 Å². The maximum Gasteiger partial charge on any atom is 0.251 e. The van der Waals surface area contributed by atoms with Crippen LogP contribution in [0.1, 0.15) is 36.5 Å². The number of hydrogen-bond acceptors (Lipinski definition) is 3. The minimum absolute atomic E-state index is 0.00684. The predicted octanol–water partition coefficient (Wildman–Crippen LogP) is 3.62. The Morgan fingerprint density at radius 2 is 2.04 bits per heavy atom. The van der Waals surface area contributed by atoms with Crippen LogP contribution in [0, 0.1) is 0 Å². The molecule has 0 radical (unpaired) electrons. The van der Waals surface area contributed by atoms with Gasteiger partial charge in [-0.2, -0.15) is 0 Å². The molecule has 0 spiro atoms. The van der Waals surface area contributed by atoms with Crippen LogP contribution in [-0.4, -0.2) is 31.6 Å². The molecule has 2 N–H and O–H groups in total. The molecule has 4 nitrogen and oxygen atoms in total. The van der Waals surface area contributed by atoms with Gasteiger partial charge in [0.05, 0.1) is 6.61 Å². The number of amides is 1. The van der Waals surface area contributed by atoms with E-state index in [-0.39, 0.29) is 5.91 Å². The highest BCUT2D eigenvalue weighted by molar-refractivity contribution is 5.94. The third-order valence-electron chi connectivity index (χ3n) is 4.57. The zero-order valence-corrected chi connectivity index (χ0v) is 14.8. The Labute approximate surface area is 149 Å². The van der Waals surface area contributed by atoms with Crippen molar-refractivity contribution in [3.05, 3.63) is 54.1 Å². The first-order valence-electron chi connectivity index (χ1n) is 9.11. The number of nitrogens with one attached hydrogen (secondary N) is 2. The summed E-state index contributed by atoms with van der Waals surface area (Å²) in [6.45, 7) is 4.45. The molecular weight excluding hydrogens is 312 g/mol. The van der Waals surface area contributed by atoms with E-state index in [9.17, 15) is 4.79 Å². The Kier molecular flexibility index (Phi) is 6.07. The summed E-state index contributed by atoms with van der Waals surface area (Å²) in [5.74, 6) is 0.856. The molecule has 0 aliphatic carbocycles. The normalized spacial score (nSPS) is 16.6. The van der Waals surface area contributed by atoms with Crippen LogP contribution in [0.2, 0.25) is 0 Å². The van der Waals surface area contributed by atoms with E-state index in [4.69, 9.17) is 4.74 Å². The molecule has 2 aromatic rings. The lowest BCUT2D eigenvalue weighted by Gasteiger charge is -2.11. The van der Waals surface area contributed by atoms with E-state index in [0.29, 0.717) is 24.8 Å². The molecule has 25 heavy (non-hydrogen) atoms. The second kappa shape index (κ2) is 8.67. The van der Waals surface area contributed by atoms with Crippen molar-refractivity contribution < 1.29 is 9.53 Å². The molecule has 1 aliphatic heterocycles. The number of carbonyl (C=O) groups excluding carboxylic acids is 1. The van der Waals surface area contributed by atoms with E-state index in [1.807, 2.05) is 55.5 Å². The highest BCUT2D eigenvalue weighted by atomic mass is 16.5. The monoisotopic (exact) mass is 338 g/mol. The van der Waals surface area contributed by atoms with Crippen molar-refractivity contribution in [1.29, 1.82) is 0 Å². The van der Waals surface area contributed by atoms with Gasteiger partial charge in [0.1, 0.15) is 5.75 Å². The van der Waals surface area contributed by atoms with Crippen molar-refractivity contribution >= 4 is 5.91 Å². The molecule has 0 bridgehead atoms. The number of hydrogen-bond donors (Lipinski definition) is 2. The molecule has 4 heteroatoms. The summed E-state index contributed by atoms with van der Waals surface area (Å²) in [5, 5.41) is 6.46. The van der Waals surface area contributed by atoms with Crippen molar-refractivity contribution in [2.24, 2.45) is 0 Å². The number of rotatable bonds is 7. The molecule has 3 rings (SSSR count). The highest BCUT2D eigenvalue weighted by Crippen LogP contribution is 2.24. The average molecular weight is 338 g/mol. The fourth-order valence-electron chi connectivity index (χ4n) is 3.21. The van der Waals surface area contributed by atoms with Gasteiger partial charge in [-0.25, -0.2) is 0 Å². The molecule has 1 heterocycles. The second-order valence-corrected chi connectivity index (χ2v) is 6.38. The Bertz CT molecular complexity index is 691. The summed E-state index contributed by atoms with van der Waals surface area (Å²) in [6.07, 6.45) is 3.45. The summed E-state index contributed by atoms with van der Waals surface area (Å²) >= 11 is 0. The van der Waals surface area contributed by atoms with E-state index < -0.39 is 0 Å². The molecule has 1 fully saturated rings. The average Bonchev–Trinajstić information content (AvgIpc) is 3.16. The van der Waals surface area contributed by atoms with E-state index in [2.05, 4.69) is 10.6 Å². The van der Waals surface area contributed by atoms with E-state index in [1.54, 1.807) is 0 Å². The lowest BCUT2D eigenvalue weighted by atomic mass is 10.0. The van der Waals surface area contributed by atoms with Gasteiger partial charge >= 0.3 is 0 Å². The van der Waals surface area contributed by atoms with Gasteiger partial charge in [0.25, 0.3) is 5.91 Å². The standard InChI is InChI=1S/C21H26N2O2/c1-2-25-20-7-3-5-18(15-20)16-8-10-17(11-9-16)21(24)23-14-12-19-6-4-13-22-19/h3,5,7-11,15,19,22H,2,4,6,12-14H2,1H3,(H,23,24)/t19-/m1/s1. The van der Waals surface area contributed by atoms with E-state index in [0.717, 1.165) is 29.8 Å². The van der Waals surface area contributed by atoms with Crippen molar-refractivity contribution in [1.82, 2.24) is 10.6 Å². The van der Waals surface area contributed by atoms with Gasteiger partial charge in [-0.05, 0) is 68.1 Å². The maximum atomic E-state index is 12.3. The highest BCUT2D eigenvalue weighted by Gasteiger charge is 2.14. The summed E-state index contributed by atoms with van der Waals surface area (Å²) in [6, 6.07) is 16.3. The molecule has 0 saturated carbocycles. The number of benzene rings is 2. The van der Waals surface area contributed by atoms with Gasteiger partial charge in [-0.3, -0.25) is 4.79 Å². The molecule has 0 aromatic heterocycles. The first kappa shape index (κ1) is 17.5. The smallest absolute Gasteiger partial charge is 0.251 e. The van der Waals surface area contributed by atoms with Crippen molar-refractivity contribution in [2.45, 2.75) is 32.2 Å².